The smallest absolute Gasteiger partial charge is 0.217 e. The van der Waals surface area contributed by atoms with E-state index < -0.39 is 8.24 Å². The maximum absolute atomic E-state index is 11.9. The first-order valence-electron chi connectivity index (χ1n) is 6.04. The SMILES string of the molecule is CC(C)(C)[Si](C)(C)N1C(=O)CC12CCC2. The molecule has 0 aromatic heterocycles. The van der Waals surface area contributed by atoms with Crippen LogP contribution in [0.1, 0.15) is 46.5 Å². The van der Waals surface area contributed by atoms with Gasteiger partial charge < -0.3 is 4.57 Å². The zero-order valence-corrected chi connectivity index (χ0v) is 11.7. The van der Waals surface area contributed by atoms with Gasteiger partial charge in [-0.25, -0.2) is 0 Å². The second kappa shape index (κ2) is 2.87. The maximum Gasteiger partial charge on any atom is 0.217 e. The lowest BCUT2D eigenvalue weighted by molar-refractivity contribution is -0.154. The van der Waals surface area contributed by atoms with Gasteiger partial charge in [0.15, 0.2) is 8.24 Å². The minimum atomic E-state index is -1.61. The molecule has 2 rings (SSSR count). The van der Waals surface area contributed by atoms with Gasteiger partial charge in [-0.15, -0.1) is 0 Å². The molecule has 1 heterocycles. The highest BCUT2D eigenvalue weighted by molar-refractivity contribution is 6.80. The van der Waals surface area contributed by atoms with Crippen LogP contribution in [-0.2, 0) is 4.79 Å². The molecule has 0 unspecified atom stereocenters. The molecule has 0 atom stereocenters. The average Bonchev–Trinajstić information content (AvgIpc) is 1.92. The molecule has 1 aliphatic carbocycles. The van der Waals surface area contributed by atoms with Crippen molar-refractivity contribution in [2.24, 2.45) is 0 Å². The molecular formula is C12H23NOSi. The first kappa shape index (κ1) is 11.2. The van der Waals surface area contributed by atoms with Crippen LogP contribution in [0, 0.1) is 0 Å². The first-order valence-corrected chi connectivity index (χ1v) is 8.99. The molecule has 1 saturated heterocycles. The van der Waals surface area contributed by atoms with Crippen molar-refractivity contribution in [3.05, 3.63) is 0 Å². The average molecular weight is 225 g/mol. The molecule has 2 aliphatic rings. The molecule has 2 fully saturated rings. The van der Waals surface area contributed by atoms with Gasteiger partial charge in [0.2, 0.25) is 5.91 Å². The van der Waals surface area contributed by atoms with Crippen molar-refractivity contribution in [3.8, 4) is 0 Å². The Morgan fingerprint density at radius 3 is 2.07 bits per heavy atom. The van der Waals surface area contributed by atoms with E-state index in [-0.39, 0.29) is 5.04 Å². The normalized spacial score (nSPS) is 25.1. The van der Waals surface area contributed by atoms with Crippen molar-refractivity contribution < 1.29 is 4.79 Å². The predicted molar refractivity (Wildman–Crippen MR) is 65.2 cm³/mol. The quantitative estimate of drug-likeness (QED) is 0.496. The van der Waals surface area contributed by atoms with Gasteiger partial charge >= 0.3 is 0 Å². The summed E-state index contributed by atoms with van der Waals surface area (Å²) >= 11 is 0. The molecule has 1 spiro atoms. The number of hydrogen-bond donors (Lipinski definition) is 0. The molecule has 0 bridgehead atoms. The fourth-order valence-corrected chi connectivity index (χ4v) is 5.70. The number of rotatable bonds is 1. The molecule has 1 saturated carbocycles. The number of β-lactam (4-membered cyclic amide) rings is 1. The molecule has 0 N–H and O–H groups in total. The van der Waals surface area contributed by atoms with Gasteiger partial charge in [0.1, 0.15) is 0 Å². The summed E-state index contributed by atoms with van der Waals surface area (Å²) in [6, 6.07) is 0. The molecule has 2 nitrogen and oxygen atoms in total. The Hall–Kier alpha value is -0.313. The van der Waals surface area contributed by atoms with E-state index in [9.17, 15) is 4.79 Å². The van der Waals surface area contributed by atoms with Crippen molar-refractivity contribution in [3.63, 3.8) is 0 Å². The third kappa shape index (κ3) is 1.32. The second-order valence-electron chi connectivity index (χ2n) is 6.79. The van der Waals surface area contributed by atoms with Gasteiger partial charge in [-0.3, -0.25) is 4.79 Å². The van der Waals surface area contributed by atoms with Crippen molar-refractivity contribution in [2.75, 3.05) is 0 Å². The van der Waals surface area contributed by atoms with Gasteiger partial charge in [-0.2, -0.15) is 0 Å². The molecule has 1 aliphatic heterocycles. The molecule has 3 heteroatoms. The van der Waals surface area contributed by atoms with Gasteiger partial charge in [0.25, 0.3) is 0 Å². The van der Waals surface area contributed by atoms with Crippen LogP contribution in [0.4, 0.5) is 0 Å². The van der Waals surface area contributed by atoms with Crippen LogP contribution in [-0.4, -0.2) is 24.2 Å². The van der Waals surface area contributed by atoms with E-state index in [1.165, 1.54) is 19.3 Å². The van der Waals surface area contributed by atoms with Gasteiger partial charge in [-0.1, -0.05) is 33.9 Å². The minimum absolute atomic E-state index is 0.283. The zero-order valence-electron chi connectivity index (χ0n) is 10.7. The highest BCUT2D eigenvalue weighted by atomic mass is 28.3. The highest BCUT2D eigenvalue weighted by Crippen LogP contribution is 2.54. The van der Waals surface area contributed by atoms with Crippen LogP contribution >= 0.6 is 0 Å². The number of nitrogens with zero attached hydrogens (tertiary/aromatic N) is 1. The Balaban J connectivity index is 2.26. The number of carbonyl (C=O) groups excluding carboxylic acids is 1. The molecule has 0 aromatic carbocycles. The van der Waals surface area contributed by atoms with Crippen molar-refractivity contribution in [2.45, 2.75) is 70.1 Å². The Kier molecular flexibility index (Phi) is 2.14. The number of amides is 1. The third-order valence-electron chi connectivity index (χ3n) is 4.88. The van der Waals surface area contributed by atoms with Crippen molar-refractivity contribution in [1.82, 2.24) is 4.57 Å². The van der Waals surface area contributed by atoms with Gasteiger partial charge in [0.05, 0.1) is 0 Å². The van der Waals surface area contributed by atoms with Crippen LogP contribution in [0.2, 0.25) is 18.1 Å². The van der Waals surface area contributed by atoms with E-state index >= 15 is 0 Å². The van der Waals surface area contributed by atoms with E-state index in [4.69, 9.17) is 0 Å². The summed E-state index contributed by atoms with van der Waals surface area (Å²) in [5.41, 5.74) is 0.320. The third-order valence-corrected chi connectivity index (χ3v) is 10.4. The topological polar surface area (TPSA) is 20.3 Å². The van der Waals surface area contributed by atoms with E-state index in [0.29, 0.717) is 11.4 Å². The van der Waals surface area contributed by atoms with Crippen LogP contribution in [0.15, 0.2) is 0 Å². The van der Waals surface area contributed by atoms with E-state index in [1.807, 2.05) is 0 Å². The summed E-state index contributed by atoms with van der Waals surface area (Å²) in [6.45, 7) is 11.6. The van der Waals surface area contributed by atoms with Gasteiger partial charge in [0, 0.05) is 12.0 Å². The summed E-state index contributed by atoms with van der Waals surface area (Å²) in [7, 11) is -1.61. The zero-order chi connectivity index (χ0) is 11.5. The molecule has 0 radical (unpaired) electrons. The van der Waals surface area contributed by atoms with Crippen molar-refractivity contribution in [1.29, 1.82) is 0 Å². The Morgan fingerprint density at radius 2 is 1.80 bits per heavy atom. The largest absolute Gasteiger partial charge is 0.363 e. The second-order valence-corrected chi connectivity index (χ2v) is 11.9. The van der Waals surface area contributed by atoms with Crippen LogP contribution in [0.25, 0.3) is 0 Å². The highest BCUT2D eigenvalue weighted by Gasteiger charge is 2.61. The molecule has 0 aromatic rings. The summed E-state index contributed by atoms with van der Waals surface area (Å²) in [5.74, 6) is 0.418. The lowest BCUT2D eigenvalue weighted by Gasteiger charge is -2.65. The lowest BCUT2D eigenvalue weighted by Crippen LogP contribution is -2.76. The Labute approximate surface area is 94.1 Å². The van der Waals surface area contributed by atoms with Gasteiger partial charge in [-0.05, 0) is 24.3 Å². The Bertz CT molecular complexity index is 299. The number of hydrogen-bond acceptors (Lipinski definition) is 1. The fourth-order valence-electron chi connectivity index (χ4n) is 2.84. The monoisotopic (exact) mass is 225 g/mol. The summed E-state index contributed by atoms with van der Waals surface area (Å²) in [5, 5.41) is 0.283. The van der Waals surface area contributed by atoms with E-state index in [2.05, 4.69) is 38.4 Å². The van der Waals surface area contributed by atoms with Crippen LogP contribution in [0.3, 0.4) is 0 Å². The summed E-state index contributed by atoms with van der Waals surface area (Å²) in [6.07, 6.45) is 4.66. The Morgan fingerprint density at radius 1 is 1.27 bits per heavy atom. The van der Waals surface area contributed by atoms with Crippen LogP contribution in [0.5, 0.6) is 0 Å². The molecule has 1 amide bonds. The molecule has 86 valence electrons. The minimum Gasteiger partial charge on any atom is -0.363 e. The van der Waals surface area contributed by atoms with Crippen LogP contribution < -0.4 is 0 Å². The standard InChI is InChI=1S/C12H23NOSi/c1-11(2,3)15(4,5)13-10(14)9-12(13)7-6-8-12/h6-9H2,1-5H3. The van der Waals surface area contributed by atoms with Crippen molar-refractivity contribution >= 4 is 14.1 Å². The lowest BCUT2D eigenvalue weighted by atomic mass is 9.69. The molecular weight excluding hydrogens is 202 g/mol. The number of carbonyl (C=O) groups is 1. The first-order chi connectivity index (χ1) is 6.71. The maximum atomic E-state index is 11.9. The summed E-state index contributed by atoms with van der Waals surface area (Å²) < 4.78 is 2.32. The molecule has 15 heavy (non-hydrogen) atoms. The van der Waals surface area contributed by atoms with E-state index in [0.717, 1.165) is 6.42 Å². The fraction of sp³-hybridized carbons (Fsp3) is 0.917. The summed E-state index contributed by atoms with van der Waals surface area (Å²) in [4.78, 5) is 11.9. The predicted octanol–water partition coefficient (Wildman–Crippen LogP) is 3.15. The van der Waals surface area contributed by atoms with E-state index in [1.54, 1.807) is 0 Å².